The molecule has 0 aliphatic carbocycles. The number of hydrogen-bond donors (Lipinski definition) is 1. The highest BCUT2D eigenvalue weighted by molar-refractivity contribution is 7.10. The maximum atomic E-state index is 5.50. The lowest BCUT2D eigenvalue weighted by Crippen LogP contribution is -1.93. The van der Waals surface area contributed by atoms with E-state index in [1.54, 1.807) is 11.3 Å². The van der Waals surface area contributed by atoms with Gasteiger partial charge in [-0.1, -0.05) is 13.8 Å². The van der Waals surface area contributed by atoms with Crippen LogP contribution in [0.5, 0.6) is 0 Å². The van der Waals surface area contributed by atoms with Crippen molar-refractivity contribution in [3.63, 3.8) is 0 Å². The van der Waals surface area contributed by atoms with Crippen molar-refractivity contribution in [1.29, 1.82) is 0 Å². The van der Waals surface area contributed by atoms with Crippen LogP contribution in [0.15, 0.2) is 11.4 Å². The molecule has 0 aliphatic heterocycles. The second kappa shape index (κ2) is 3.88. The Bertz CT molecular complexity index is 215. The summed E-state index contributed by atoms with van der Waals surface area (Å²) in [6.07, 6.45) is 1.18. The second-order valence-electron chi connectivity index (χ2n) is 3.22. The number of thiophene rings is 1. The van der Waals surface area contributed by atoms with Gasteiger partial charge in [0.2, 0.25) is 0 Å². The zero-order chi connectivity index (χ0) is 8.27. The Balaban J connectivity index is 2.58. The molecule has 0 amide bonds. The van der Waals surface area contributed by atoms with Gasteiger partial charge in [-0.3, -0.25) is 0 Å². The predicted octanol–water partition coefficient (Wildman–Crippen LogP) is 2.41. The van der Waals surface area contributed by atoms with Gasteiger partial charge in [0.1, 0.15) is 0 Å². The standard InChI is InChI=1S/C9H15NS/c1-7(2)3-8-4-9(5-10)11-6-8/h4,6-7H,3,5,10H2,1-2H3. The van der Waals surface area contributed by atoms with Crippen LogP contribution in [0.2, 0.25) is 0 Å². The third-order valence-electron chi connectivity index (χ3n) is 1.55. The van der Waals surface area contributed by atoms with Crippen LogP contribution in [0.4, 0.5) is 0 Å². The Morgan fingerprint density at radius 2 is 2.27 bits per heavy atom. The van der Waals surface area contributed by atoms with Crippen LogP contribution < -0.4 is 5.73 Å². The Hall–Kier alpha value is -0.340. The quantitative estimate of drug-likeness (QED) is 0.738. The first-order valence-corrected chi connectivity index (χ1v) is 4.86. The predicted molar refractivity (Wildman–Crippen MR) is 50.8 cm³/mol. The first-order chi connectivity index (χ1) is 5.22. The molecule has 0 bridgehead atoms. The van der Waals surface area contributed by atoms with E-state index in [-0.39, 0.29) is 0 Å². The molecule has 11 heavy (non-hydrogen) atoms. The number of hydrogen-bond acceptors (Lipinski definition) is 2. The summed E-state index contributed by atoms with van der Waals surface area (Å²) in [7, 11) is 0. The lowest BCUT2D eigenvalue weighted by molar-refractivity contribution is 0.648. The van der Waals surface area contributed by atoms with Gasteiger partial charge in [0.05, 0.1) is 0 Å². The molecule has 0 aliphatic rings. The minimum absolute atomic E-state index is 0.683. The molecule has 0 saturated heterocycles. The van der Waals surface area contributed by atoms with Gasteiger partial charge >= 0.3 is 0 Å². The van der Waals surface area contributed by atoms with Gasteiger partial charge in [-0.15, -0.1) is 11.3 Å². The molecule has 62 valence electrons. The van der Waals surface area contributed by atoms with Crippen molar-refractivity contribution in [2.24, 2.45) is 11.7 Å². The van der Waals surface area contributed by atoms with Crippen molar-refractivity contribution in [3.8, 4) is 0 Å². The fourth-order valence-corrected chi connectivity index (χ4v) is 1.89. The molecule has 0 aromatic carbocycles. The first-order valence-electron chi connectivity index (χ1n) is 3.98. The van der Waals surface area contributed by atoms with Crippen LogP contribution in [0.25, 0.3) is 0 Å². The number of nitrogens with two attached hydrogens (primary N) is 1. The van der Waals surface area contributed by atoms with E-state index in [0.29, 0.717) is 6.54 Å². The van der Waals surface area contributed by atoms with E-state index in [1.807, 2.05) is 0 Å². The van der Waals surface area contributed by atoms with E-state index in [1.165, 1.54) is 16.9 Å². The van der Waals surface area contributed by atoms with Crippen LogP contribution >= 0.6 is 11.3 Å². The lowest BCUT2D eigenvalue weighted by atomic mass is 10.1. The molecule has 0 unspecified atom stereocenters. The average molecular weight is 169 g/mol. The molecule has 0 radical (unpaired) electrons. The summed E-state index contributed by atoms with van der Waals surface area (Å²) in [6, 6.07) is 2.21. The average Bonchev–Trinajstić information content (AvgIpc) is 2.34. The van der Waals surface area contributed by atoms with Crippen molar-refractivity contribution < 1.29 is 0 Å². The highest BCUT2D eigenvalue weighted by Gasteiger charge is 2.00. The van der Waals surface area contributed by atoms with E-state index in [9.17, 15) is 0 Å². The van der Waals surface area contributed by atoms with Gasteiger partial charge in [0.25, 0.3) is 0 Å². The van der Waals surface area contributed by atoms with Crippen molar-refractivity contribution in [2.75, 3.05) is 0 Å². The first kappa shape index (κ1) is 8.75. The summed E-state index contributed by atoms with van der Waals surface area (Å²) < 4.78 is 0. The van der Waals surface area contributed by atoms with E-state index >= 15 is 0 Å². The molecular weight excluding hydrogens is 154 g/mol. The Morgan fingerprint density at radius 3 is 2.73 bits per heavy atom. The molecule has 1 heterocycles. The second-order valence-corrected chi connectivity index (χ2v) is 4.22. The van der Waals surface area contributed by atoms with Crippen molar-refractivity contribution in [1.82, 2.24) is 0 Å². The minimum atomic E-state index is 0.683. The van der Waals surface area contributed by atoms with Crippen LogP contribution in [-0.4, -0.2) is 0 Å². The largest absolute Gasteiger partial charge is 0.326 e. The van der Waals surface area contributed by atoms with E-state index < -0.39 is 0 Å². The van der Waals surface area contributed by atoms with E-state index in [0.717, 1.165) is 5.92 Å². The topological polar surface area (TPSA) is 26.0 Å². The Labute approximate surface area is 72.2 Å². The summed E-state index contributed by atoms with van der Waals surface area (Å²) in [5, 5.41) is 2.21. The smallest absolute Gasteiger partial charge is 0.0273 e. The molecule has 2 heteroatoms. The van der Waals surface area contributed by atoms with Crippen molar-refractivity contribution in [2.45, 2.75) is 26.8 Å². The van der Waals surface area contributed by atoms with Crippen LogP contribution in [0, 0.1) is 5.92 Å². The monoisotopic (exact) mass is 169 g/mol. The molecule has 1 aromatic rings. The zero-order valence-electron chi connectivity index (χ0n) is 7.13. The van der Waals surface area contributed by atoms with Crippen molar-refractivity contribution >= 4 is 11.3 Å². The van der Waals surface area contributed by atoms with Gasteiger partial charge < -0.3 is 5.73 Å². The maximum Gasteiger partial charge on any atom is 0.0273 e. The van der Waals surface area contributed by atoms with Gasteiger partial charge in [-0.05, 0) is 29.3 Å². The summed E-state index contributed by atoms with van der Waals surface area (Å²) in [4.78, 5) is 1.29. The molecule has 2 N–H and O–H groups in total. The molecule has 0 saturated carbocycles. The van der Waals surface area contributed by atoms with Crippen molar-refractivity contribution in [3.05, 3.63) is 21.9 Å². The highest BCUT2D eigenvalue weighted by atomic mass is 32.1. The van der Waals surface area contributed by atoms with Gasteiger partial charge in [-0.25, -0.2) is 0 Å². The van der Waals surface area contributed by atoms with Crippen LogP contribution in [0.1, 0.15) is 24.3 Å². The van der Waals surface area contributed by atoms with Gasteiger partial charge in [0, 0.05) is 11.4 Å². The summed E-state index contributed by atoms with van der Waals surface area (Å²) in [5.41, 5.74) is 6.94. The lowest BCUT2D eigenvalue weighted by Gasteiger charge is -1.99. The third-order valence-corrected chi connectivity index (χ3v) is 2.56. The van der Waals surface area contributed by atoms with E-state index in [2.05, 4.69) is 25.3 Å². The third kappa shape index (κ3) is 2.64. The SMILES string of the molecule is CC(C)Cc1csc(CN)c1. The van der Waals surface area contributed by atoms with Gasteiger partial charge in [-0.2, -0.15) is 0 Å². The summed E-state index contributed by atoms with van der Waals surface area (Å²) >= 11 is 1.77. The minimum Gasteiger partial charge on any atom is -0.326 e. The fourth-order valence-electron chi connectivity index (χ4n) is 1.11. The van der Waals surface area contributed by atoms with Crippen LogP contribution in [-0.2, 0) is 13.0 Å². The highest BCUT2D eigenvalue weighted by Crippen LogP contribution is 2.16. The molecule has 1 nitrogen and oxygen atoms in total. The fraction of sp³-hybridized carbons (Fsp3) is 0.556. The number of rotatable bonds is 3. The molecule has 1 aromatic heterocycles. The molecule has 1 rings (SSSR count). The summed E-state index contributed by atoms with van der Waals surface area (Å²) in [6.45, 7) is 5.16. The Morgan fingerprint density at radius 1 is 1.55 bits per heavy atom. The molecule has 0 fully saturated rings. The maximum absolute atomic E-state index is 5.50. The van der Waals surface area contributed by atoms with E-state index in [4.69, 9.17) is 5.73 Å². The molecular formula is C9H15NS. The summed E-state index contributed by atoms with van der Waals surface area (Å²) in [5.74, 6) is 0.746. The molecule has 0 atom stereocenters. The Kier molecular flexibility index (Phi) is 3.09. The normalized spacial score (nSPS) is 10.9. The zero-order valence-corrected chi connectivity index (χ0v) is 7.95. The van der Waals surface area contributed by atoms with Gasteiger partial charge in [0.15, 0.2) is 0 Å². The van der Waals surface area contributed by atoms with Crippen LogP contribution in [0.3, 0.4) is 0 Å². The molecule has 0 spiro atoms.